The average molecular weight is 145 g/mol. The van der Waals surface area contributed by atoms with Crippen molar-refractivity contribution in [3.63, 3.8) is 0 Å². The van der Waals surface area contributed by atoms with Crippen LogP contribution in [0.25, 0.3) is 0 Å². The summed E-state index contributed by atoms with van der Waals surface area (Å²) in [6.45, 7) is 3.60. The van der Waals surface area contributed by atoms with E-state index in [1.54, 1.807) is 13.8 Å². The molecule has 56 valence electrons. The largest absolute Gasteiger partial charge is 0.333 e. The molecule has 0 atom stereocenters. The van der Waals surface area contributed by atoms with Crippen molar-refractivity contribution in [2.45, 2.75) is 19.8 Å². The summed E-state index contributed by atoms with van der Waals surface area (Å²) in [5.74, 6) is -1.10. The molecule has 0 aliphatic rings. The van der Waals surface area contributed by atoms with Crippen LogP contribution < -0.4 is 0 Å². The molecule has 0 aliphatic carbocycles. The maximum absolute atomic E-state index is 12.6. The lowest BCUT2D eigenvalue weighted by atomic mass is 10.1. The predicted molar refractivity (Wildman–Crippen MR) is 34.8 cm³/mol. The van der Waals surface area contributed by atoms with Gasteiger partial charge in [-0.1, -0.05) is 13.8 Å². The lowest BCUT2D eigenvalue weighted by Gasteiger charge is -1.98. The summed E-state index contributed by atoms with van der Waals surface area (Å²) in [6, 6.07) is 0.856. The van der Waals surface area contributed by atoms with Crippen molar-refractivity contribution in [1.29, 1.82) is 0 Å². The minimum absolute atomic E-state index is 0.00417. The van der Waals surface area contributed by atoms with Gasteiger partial charge in [0.25, 0.3) is 0 Å². The van der Waals surface area contributed by atoms with Crippen molar-refractivity contribution in [2.75, 3.05) is 0 Å². The Morgan fingerprint density at radius 2 is 2.00 bits per heavy atom. The Bertz CT molecular complexity index is 228. The lowest BCUT2D eigenvalue weighted by molar-refractivity contribution is 0.584. The van der Waals surface area contributed by atoms with E-state index in [-0.39, 0.29) is 5.92 Å². The molecule has 10 heavy (non-hydrogen) atoms. The molecular weight excluding hydrogens is 136 g/mol. The van der Waals surface area contributed by atoms with Gasteiger partial charge < -0.3 is 4.98 Å². The number of hydrogen-bond donors (Lipinski definition) is 1. The number of rotatable bonds is 1. The van der Waals surface area contributed by atoms with E-state index in [0.29, 0.717) is 5.69 Å². The highest BCUT2D eigenvalue weighted by Crippen LogP contribution is 2.16. The van der Waals surface area contributed by atoms with Crippen LogP contribution >= 0.6 is 0 Å². The molecule has 1 rings (SSSR count). The third kappa shape index (κ3) is 1.17. The van der Waals surface area contributed by atoms with Gasteiger partial charge in [0.05, 0.1) is 5.69 Å². The number of H-pyrrole nitrogens is 1. The predicted octanol–water partition coefficient (Wildman–Crippen LogP) is 2.42. The average Bonchev–Trinajstić information content (AvgIpc) is 2.10. The molecule has 1 nitrogen and oxygen atoms in total. The van der Waals surface area contributed by atoms with Crippen LogP contribution in [0, 0.1) is 11.8 Å². The van der Waals surface area contributed by atoms with E-state index in [4.69, 9.17) is 0 Å². The maximum atomic E-state index is 12.6. The first kappa shape index (κ1) is 7.25. The zero-order valence-electron chi connectivity index (χ0n) is 5.91. The summed E-state index contributed by atoms with van der Waals surface area (Å²) in [7, 11) is 0. The van der Waals surface area contributed by atoms with Gasteiger partial charge in [0, 0.05) is 6.07 Å². The molecular formula is C7H9F2N. The molecule has 0 bridgehead atoms. The van der Waals surface area contributed by atoms with Crippen LogP contribution in [0.3, 0.4) is 0 Å². The Labute approximate surface area is 58.1 Å². The van der Waals surface area contributed by atoms with E-state index in [1.165, 1.54) is 0 Å². The van der Waals surface area contributed by atoms with Crippen molar-refractivity contribution in [3.8, 4) is 0 Å². The van der Waals surface area contributed by atoms with Gasteiger partial charge >= 0.3 is 0 Å². The summed E-state index contributed by atoms with van der Waals surface area (Å²) >= 11 is 0. The summed E-state index contributed by atoms with van der Waals surface area (Å²) in [6.07, 6.45) is 0. The van der Waals surface area contributed by atoms with Crippen molar-refractivity contribution < 1.29 is 8.78 Å². The van der Waals surface area contributed by atoms with E-state index in [9.17, 15) is 8.78 Å². The van der Waals surface area contributed by atoms with Crippen LogP contribution in [0.15, 0.2) is 6.07 Å². The first-order chi connectivity index (χ1) is 4.61. The normalized spacial score (nSPS) is 10.9. The number of nitrogens with one attached hydrogen (secondary N) is 1. The van der Waals surface area contributed by atoms with Crippen LogP contribution in [-0.2, 0) is 0 Å². The lowest BCUT2D eigenvalue weighted by Crippen LogP contribution is -1.90. The first-order valence-corrected chi connectivity index (χ1v) is 3.15. The molecule has 1 N–H and O–H groups in total. The van der Waals surface area contributed by atoms with E-state index < -0.39 is 11.8 Å². The third-order valence-corrected chi connectivity index (χ3v) is 1.34. The fourth-order valence-corrected chi connectivity index (χ4v) is 0.834. The van der Waals surface area contributed by atoms with Gasteiger partial charge in [-0.25, -0.2) is 4.39 Å². The van der Waals surface area contributed by atoms with Crippen LogP contribution in [0.2, 0.25) is 0 Å². The Balaban J connectivity index is 3.03. The fourth-order valence-electron chi connectivity index (χ4n) is 0.834. The van der Waals surface area contributed by atoms with Gasteiger partial charge in [0.1, 0.15) is 5.82 Å². The van der Waals surface area contributed by atoms with Crippen LogP contribution in [0.5, 0.6) is 0 Å². The summed E-state index contributed by atoms with van der Waals surface area (Å²) < 4.78 is 24.8. The number of halogens is 2. The fraction of sp³-hybridized carbons (Fsp3) is 0.429. The second kappa shape index (κ2) is 2.40. The van der Waals surface area contributed by atoms with Gasteiger partial charge in [-0.2, -0.15) is 4.39 Å². The molecule has 0 unspecified atom stereocenters. The van der Waals surface area contributed by atoms with Gasteiger partial charge in [-0.05, 0) is 5.92 Å². The Morgan fingerprint density at radius 1 is 1.40 bits per heavy atom. The van der Waals surface area contributed by atoms with Gasteiger partial charge in [0.2, 0.25) is 0 Å². The zero-order chi connectivity index (χ0) is 7.72. The molecule has 0 saturated heterocycles. The van der Waals surface area contributed by atoms with E-state index in [1.807, 2.05) is 0 Å². The molecule has 0 fully saturated rings. The molecule has 0 aromatic carbocycles. The number of aromatic amines is 1. The minimum atomic E-state index is -0.610. The molecule has 0 spiro atoms. The number of hydrogen-bond acceptors (Lipinski definition) is 0. The third-order valence-electron chi connectivity index (χ3n) is 1.34. The Morgan fingerprint density at radius 3 is 2.20 bits per heavy atom. The molecule has 0 radical (unpaired) electrons. The molecule has 0 saturated carbocycles. The topological polar surface area (TPSA) is 15.8 Å². The second-order valence-electron chi connectivity index (χ2n) is 2.53. The number of aromatic nitrogens is 1. The van der Waals surface area contributed by atoms with Crippen molar-refractivity contribution in [3.05, 3.63) is 23.5 Å². The monoisotopic (exact) mass is 145 g/mol. The molecule has 1 heterocycles. The molecule has 0 aliphatic heterocycles. The zero-order valence-corrected chi connectivity index (χ0v) is 5.91. The van der Waals surface area contributed by atoms with Gasteiger partial charge in [0.15, 0.2) is 5.95 Å². The highest BCUT2D eigenvalue weighted by molar-refractivity contribution is 5.12. The van der Waals surface area contributed by atoms with E-state index in [2.05, 4.69) is 4.98 Å². The summed E-state index contributed by atoms with van der Waals surface area (Å²) in [4.78, 5) is 2.30. The Kier molecular flexibility index (Phi) is 1.74. The van der Waals surface area contributed by atoms with E-state index in [0.717, 1.165) is 6.07 Å². The summed E-state index contributed by atoms with van der Waals surface area (Å²) in [5, 5.41) is 0. The highest BCUT2D eigenvalue weighted by atomic mass is 19.1. The summed E-state index contributed by atoms with van der Waals surface area (Å²) in [5.41, 5.74) is 0.331. The van der Waals surface area contributed by atoms with Gasteiger partial charge in [-0.15, -0.1) is 0 Å². The molecule has 3 heteroatoms. The SMILES string of the molecule is CC(C)c1[nH]c(F)cc1F. The standard InChI is InChI=1S/C7H9F2N/c1-4(2)7-5(8)3-6(9)10-7/h3-4,10H,1-2H3. The van der Waals surface area contributed by atoms with E-state index >= 15 is 0 Å². The highest BCUT2D eigenvalue weighted by Gasteiger charge is 2.09. The maximum Gasteiger partial charge on any atom is 0.194 e. The van der Waals surface area contributed by atoms with Crippen LogP contribution in [-0.4, -0.2) is 4.98 Å². The van der Waals surface area contributed by atoms with Crippen LogP contribution in [0.4, 0.5) is 8.78 Å². The molecule has 1 aromatic rings. The molecule has 1 aromatic heterocycles. The van der Waals surface area contributed by atoms with Gasteiger partial charge in [-0.3, -0.25) is 0 Å². The molecule has 0 amide bonds. The van der Waals surface area contributed by atoms with Crippen molar-refractivity contribution in [2.24, 2.45) is 0 Å². The Hall–Kier alpha value is -0.860. The van der Waals surface area contributed by atoms with Crippen molar-refractivity contribution in [1.82, 2.24) is 4.98 Å². The smallest absolute Gasteiger partial charge is 0.194 e. The minimum Gasteiger partial charge on any atom is -0.333 e. The second-order valence-corrected chi connectivity index (χ2v) is 2.53. The quantitative estimate of drug-likeness (QED) is 0.624. The van der Waals surface area contributed by atoms with Crippen molar-refractivity contribution >= 4 is 0 Å². The first-order valence-electron chi connectivity index (χ1n) is 3.15. The van der Waals surface area contributed by atoms with Crippen LogP contribution in [0.1, 0.15) is 25.5 Å².